The second kappa shape index (κ2) is 8.75. The van der Waals surface area contributed by atoms with Crippen molar-refractivity contribution in [3.63, 3.8) is 0 Å². The van der Waals surface area contributed by atoms with Gasteiger partial charge in [0.2, 0.25) is 5.91 Å². The maximum Gasteiger partial charge on any atom is 0.250 e. The monoisotopic (exact) mass is 370 g/mol. The first-order valence-corrected chi connectivity index (χ1v) is 9.32. The highest BCUT2D eigenvalue weighted by molar-refractivity contribution is 5.76. The lowest BCUT2D eigenvalue weighted by molar-refractivity contribution is -0.133. The smallest absolute Gasteiger partial charge is 0.250 e. The Morgan fingerprint density at radius 2 is 1.78 bits per heavy atom. The highest BCUT2D eigenvalue weighted by Gasteiger charge is 2.24. The number of hydrogen-bond acceptors (Lipinski definition) is 4. The van der Waals surface area contributed by atoms with E-state index >= 15 is 0 Å². The molecule has 1 aromatic heterocycles. The molecule has 0 N–H and O–H groups in total. The van der Waals surface area contributed by atoms with Gasteiger partial charge >= 0.3 is 0 Å². The highest BCUT2D eigenvalue weighted by Crippen LogP contribution is 2.29. The maximum absolute atomic E-state index is 12.5. The summed E-state index contributed by atoms with van der Waals surface area (Å²) < 4.78 is 13.0. The molecule has 2 heterocycles. The molecule has 0 unspecified atom stereocenters. The van der Waals surface area contributed by atoms with Gasteiger partial charge in [0.15, 0.2) is 11.5 Å². The van der Waals surface area contributed by atoms with E-state index in [1.165, 1.54) is 6.07 Å². The van der Waals surface area contributed by atoms with Crippen LogP contribution in [0.3, 0.4) is 0 Å². The fraction of sp³-hybridized carbons (Fsp3) is 0.429. The molecule has 0 radical (unpaired) electrons. The van der Waals surface area contributed by atoms with Crippen LogP contribution >= 0.6 is 0 Å². The van der Waals surface area contributed by atoms with Gasteiger partial charge < -0.3 is 18.9 Å². The molecule has 6 nitrogen and oxygen atoms in total. The molecule has 1 amide bonds. The number of pyridine rings is 1. The number of methoxy groups -OCH3 is 1. The third-order valence-corrected chi connectivity index (χ3v) is 4.97. The number of hydrogen-bond donors (Lipinski definition) is 0. The Hall–Kier alpha value is -2.76. The number of aromatic nitrogens is 1. The lowest BCUT2D eigenvalue weighted by Gasteiger charge is -2.32. The van der Waals surface area contributed by atoms with Crippen molar-refractivity contribution in [1.82, 2.24) is 9.47 Å². The van der Waals surface area contributed by atoms with Crippen molar-refractivity contribution in [2.45, 2.75) is 38.8 Å². The van der Waals surface area contributed by atoms with Crippen molar-refractivity contribution in [3.05, 3.63) is 58.5 Å². The molecular formula is C21H26N2O4. The van der Waals surface area contributed by atoms with E-state index in [0.717, 1.165) is 30.0 Å². The minimum atomic E-state index is -0.0632. The van der Waals surface area contributed by atoms with E-state index in [1.807, 2.05) is 42.2 Å². The van der Waals surface area contributed by atoms with E-state index in [-0.39, 0.29) is 17.6 Å². The van der Waals surface area contributed by atoms with Crippen molar-refractivity contribution in [2.24, 2.45) is 0 Å². The van der Waals surface area contributed by atoms with Gasteiger partial charge in [0.25, 0.3) is 5.56 Å². The van der Waals surface area contributed by atoms with Gasteiger partial charge in [-0.05, 0) is 25.1 Å². The van der Waals surface area contributed by atoms with Crippen molar-refractivity contribution in [3.8, 4) is 11.5 Å². The molecule has 3 rings (SSSR count). The van der Waals surface area contributed by atoms with Crippen LogP contribution in [0.2, 0.25) is 0 Å². The summed E-state index contributed by atoms with van der Waals surface area (Å²) in [6, 6.07) is 12.8. The van der Waals surface area contributed by atoms with Crippen molar-refractivity contribution in [1.29, 1.82) is 0 Å². The molecule has 27 heavy (non-hydrogen) atoms. The number of likely N-dealkylation sites (tertiary alicyclic amines) is 1. The number of para-hydroxylation sites is 2. The fourth-order valence-corrected chi connectivity index (χ4v) is 3.39. The van der Waals surface area contributed by atoms with Crippen LogP contribution in [0.4, 0.5) is 0 Å². The first kappa shape index (κ1) is 19.0. The van der Waals surface area contributed by atoms with Crippen LogP contribution in [-0.2, 0) is 11.3 Å². The van der Waals surface area contributed by atoms with Gasteiger partial charge in [0.05, 0.1) is 7.11 Å². The third kappa shape index (κ3) is 4.70. The van der Waals surface area contributed by atoms with Gasteiger partial charge in [-0.15, -0.1) is 0 Å². The molecule has 1 aromatic carbocycles. The summed E-state index contributed by atoms with van der Waals surface area (Å²) in [5.41, 5.74) is 0.811. The molecule has 1 aliphatic rings. The van der Waals surface area contributed by atoms with E-state index in [9.17, 15) is 9.59 Å². The summed E-state index contributed by atoms with van der Waals surface area (Å²) in [5, 5.41) is 0. The summed E-state index contributed by atoms with van der Waals surface area (Å²) in [6.07, 6.45) is 1.98. The molecule has 1 saturated heterocycles. The van der Waals surface area contributed by atoms with Crippen molar-refractivity contribution < 1.29 is 14.3 Å². The third-order valence-electron chi connectivity index (χ3n) is 4.97. The molecule has 0 spiro atoms. The molecule has 1 fully saturated rings. The van der Waals surface area contributed by atoms with Crippen LogP contribution < -0.4 is 15.0 Å². The minimum Gasteiger partial charge on any atom is -0.493 e. The Labute approximate surface area is 159 Å². The zero-order valence-corrected chi connectivity index (χ0v) is 15.9. The number of carbonyl (C=O) groups excluding carboxylic acids is 1. The normalized spacial score (nSPS) is 14.8. The number of aryl methyl sites for hydroxylation is 1. The molecule has 0 aliphatic carbocycles. The van der Waals surface area contributed by atoms with E-state index in [0.29, 0.717) is 26.1 Å². The topological polar surface area (TPSA) is 60.8 Å². The standard InChI is InChI=1S/C21H26N2O4/c1-16-6-5-9-21(25)23(16)15-12-20(24)22-13-10-17(11-14-22)27-19-8-4-3-7-18(19)26-2/h3-9,17H,10-15H2,1-2H3. The maximum atomic E-state index is 12.5. The Morgan fingerprint density at radius 1 is 1.07 bits per heavy atom. The molecule has 0 bridgehead atoms. The van der Waals surface area contributed by atoms with Gasteiger partial charge in [-0.1, -0.05) is 18.2 Å². The van der Waals surface area contributed by atoms with E-state index in [2.05, 4.69) is 0 Å². The minimum absolute atomic E-state index is 0.0632. The van der Waals surface area contributed by atoms with Crippen LogP contribution in [-0.4, -0.2) is 41.7 Å². The van der Waals surface area contributed by atoms with Gasteiger partial charge in [-0.3, -0.25) is 9.59 Å². The summed E-state index contributed by atoms with van der Waals surface area (Å²) >= 11 is 0. The largest absolute Gasteiger partial charge is 0.493 e. The van der Waals surface area contributed by atoms with Gasteiger partial charge in [0, 0.05) is 50.7 Å². The van der Waals surface area contributed by atoms with Gasteiger partial charge in [-0.2, -0.15) is 0 Å². The highest BCUT2D eigenvalue weighted by atomic mass is 16.5. The molecule has 6 heteroatoms. The van der Waals surface area contributed by atoms with E-state index in [4.69, 9.17) is 9.47 Å². The zero-order chi connectivity index (χ0) is 19.2. The summed E-state index contributed by atoms with van der Waals surface area (Å²) in [6.45, 7) is 3.64. The van der Waals surface area contributed by atoms with Crippen LogP contribution in [0.25, 0.3) is 0 Å². The number of piperidine rings is 1. The number of ether oxygens (including phenoxy) is 2. The van der Waals surface area contributed by atoms with Crippen molar-refractivity contribution >= 4 is 5.91 Å². The Bertz CT molecular complexity index is 838. The van der Waals surface area contributed by atoms with Gasteiger partial charge in [-0.25, -0.2) is 0 Å². The second-order valence-electron chi connectivity index (χ2n) is 6.76. The number of rotatable bonds is 6. The second-order valence-corrected chi connectivity index (χ2v) is 6.76. The molecular weight excluding hydrogens is 344 g/mol. The average Bonchev–Trinajstić information content (AvgIpc) is 2.68. The van der Waals surface area contributed by atoms with E-state index < -0.39 is 0 Å². The SMILES string of the molecule is COc1ccccc1OC1CCN(C(=O)CCn2c(C)cccc2=O)CC1. The lowest BCUT2D eigenvalue weighted by Crippen LogP contribution is -2.42. The van der Waals surface area contributed by atoms with Crippen LogP contribution in [0.1, 0.15) is 25.0 Å². The van der Waals surface area contributed by atoms with Crippen molar-refractivity contribution in [2.75, 3.05) is 20.2 Å². The predicted molar refractivity (Wildman–Crippen MR) is 103 cm³/mol. The number of amides is 1. The molecule has 2 aromatic rings. The average molecular weight is 370 g/mol. The summed E-state index contributed by atoms with van der Waals surface area (Å²) in [7, 11) is 1.63. The number of carbonyl (C=O) groups is 1. The lowest BCUT2D eigenvalue weighted by atomic mass is 10.1. The fourth-order valence-electron chi connectivity index (χ4n) is 3.39. The van der Waals surface area contributed by atoms with Crippen LogP contribution in [0, 0.1) is 6.92 Å². The predicted octanol–water partition coefficient (Wildman–Crippen LogP) is 2.63. The van der Waals surface area contributed by atoms with E-state index in [1.54, 1.807) is 17.7 Å². The van der Waals surface area contributed by atoms with Crippen LogP contribution in [0.5, 0.6) is 11.5 Å². The van der Waals surface area contributed by atoms with Crippen LogP contribution in [0.15, 0.2) is 47.3 Å². The molecule has 144 valence electrons. The number of nitrogens with zero attached hydrogens (tertiary/aromatic N) is 2. The molecule has 1 aliphatic heterocycles. The number of benzene rings is 1. The quantitative estimate of drug-likeness (QED) is 0.784. The summed E-state index contributed by atoms with van der Waals surface area (Å²) in [4.78, 5) is 26.3. The summed E-state index contributed by atoms with van der Waals surface area (Å²) in [5.74, 6) is 1.55. The first-order valence-electron chi connectivity index (χ1n) is 9.32. The Kier molecular flexibility index (Phi) is 6.16. The first-order chi connectivity index (χ1) is 13.1. The molecule has 0 saturated carbocycles. The Morgan fingerprint density at radius 3 is 2.44 bits per heavy atom. The molecule has 0 atom stereocenters. The van der Waals surface area contributed by atoms with Gasteiger partial charge in [0.1, 0.15) is 6.10 Å². The Balaban J connectivity index is 1.50. The zero-order valence-electron chi connectivity index (χ0n) is 15.9.